The molecule has 0 saturated carbocycles. The molecule has 2 heteroatoms. The Kier molecular flexibility index (Phi) is 14.3. The maximum Gasteiger partial charge on any atom is 0.0223 e. The number of rotatable bonds is 2. The normalized spacial score (nSPS) is 7.00. The summed E-state index contributed by atoms with van der Waals surface area (Å²) >= 11 is 5.30. The molecule has 0 heterocycles. The SMILES string of the molecule is CCCCCl.O. The van der Waals surface area contributed by atoms with Crippen LogP contribution in [0.2, 0.25) is 0 Å². The van der Waals surface area contributed by atoms with Gasteiger partial charge in [0.15, 0.2) is 0 Å². The Morgan fingerprint density at radius 1 is 1.50 bits per heavy atom. The van der Waals surface area contributed by atoms with Gasteiger partial charge in [0.05, 0.1) is 0 Å². The van der Waals surface area contributed by atoms with Crippen LogP contribution in [0.5, 0.6) is 0 Å². The molecule has 0 spiro atoms. The van der Waals surface area contributed by atoms with Crippen LogP contribution in [0.25, 0.3) is 0 Å². The molecule has 6 heavy (non-hydrogen) atoms. The summed E-state index contributed by atoms with van der Waals surface area (Å²) in [5, 5.41) is 0. The molecule has 0 rings (SSSR count). The van der Waals surface area contributed by atoms with Crippen molar-refractivity contribution in [3.63, 3.8) is 0 Å². The first kappa shape index (κ1) is 9.54. The monoisotopic (exact) mass is 110 g/mol. The quantitative estimate of drug-likeness (QED) is 0.479. The average Bonchev–Trinajstić information content (AvgIpc) is 1.41. The number of alkyl halides is 1. The van der Waals surface area contributed by atoms with Crippen molar-refractivity contribution in [3.8, 4) is 0 Å². The van der Waals surface area contributed by atoms with Gasteiger partial charge >= 0.3 is 0 Å². The van der Waals surface area contributed by atoms with Crippen LogP contribution in [-0.2, 0) is 0 Å². The minimum Gasteiger partial charge on any atom is -0.412 e. The Morgan fingerprint density at radius 2 is 2.00 bits per heavy atom. The predicted octanol–water partition coefficient (Wildman–Crippen LogP) is 1.20. The topological polar surface area (TPSA) is 31.5 Å². The summed E-state index contributed by atoms with van der Waals surface area (Å²) in [6.07, 6.45) is 2.37. The van der Waals surface area contributed by atoms with E-state index in [1.165, 1.54) is 6.42 Å². The molecule has 0 fully saturated rings. The Bertz CT molecular complexity index is 15.0. The van der Waals surface area contributed by atoms with Gasteiger partial charge in [-0.25, -0.2) is 0 Å². The minimum atomic E-state index is 0. The van der Waals surface area contributed by atoms with Crippen LogP contribution < -0.4 is 0 Å². The van der Waals surface area contributed by atoms with E-state index < -0.39 is 0 Å². The Hall–Kier alpha value is 0.250. The molecule has 0 amide bonds. The van der Waals surface area contributed by atoms with Crippen molar-refractivity contribution in [1.82, 2.24) is 0 Å². The van der Waals surface area contributed by atoms with Crippen molar-refractivity contribution in [3.05, 3.63) is 0 Å². The van der Waals surface area contributed by atoms with E-state index in [-0.39, 0.29) is 5.48 Å². The lowest BCUT2D eigenvalue weighted by Crippen LogP contribution is -1.65. The predicted molar refractivity (Wildman–Crippen MR) is 29.2 cm³/mol. The molecule has 40 valence electrons. The summed E-state index contributed by atoms with van der Waals surface area (Å²) in [6, 6.07) is 0. The van der Waals surface area contributed by atoms with Gasteiger partial charge in [0.25, 0.3) is 0 Å². The largest absolute Gasteiger partial charge is 0.412 e. The molecule has 0 unspecified atom stereocenters. The molecule has 0 saturated heterocycles. The highest BCUT2D eigenvalue weighted by atomic mass is 35.5. The van der Waals surface area contributed by atoms with E-state index >= 15 is 0 Å². The highest BCUT2D eigenvalue weighted by molar-refractivity contribution is 6.17. The van der Waals surface area contributed by atoms with E-state index in [4.69, 9.17) is 11.6 Å². The van der Waals surface area contributed by atoms with Crippen LogP contribution in [0.3, 0.4) is 0 Å². The fourth-order valence-electron chi connectivity index (χ4n) is 0.134. The maximum atomic E-state index is 5.30. The Morgan fingerprint density at radius 3 is 2.00 bits per heavy atom. The Labute approximate surface area is 43.6 Å². The lowest BCUT2D eigenvalue weighted by atomic mass is 10.4. The minimum absolute atomic E-state index is 0. The lowest BCUT2D eigenvalue weighted by Gasteiger charge is -1.77. The smallest absolute Gasteiger partial charge is 0.0223 e. The third-order valence-electron chi connectivity index (χ3n) is 0.487. The molecule has 0 aromatic rings. The molecular weight excluding hydrogens is 99.5 g/mol. The molecule has 0 aliphatic rings. The first-order chi connectivity index (χ1) is 2.41. The summed E-state index contributed by atoms with van der Waals surface area (Å²) in [6.45, 7) is 2.13. The zero-order chi connectivity index (χ0) is 4.12. The van der Waals surface area contributed by atoms with Crippen LogP contribution in [0.4, 0.5) is 0 Å². The molecule has 2 N–H and O–H groups in total. The summed E-state index contributed by atoms with van der Waals surface area (Å²) in [7, 11) is 0. The number of hydrogen-bond donors (Lipinski definition) is 0. The molecule has 0 atom stereocenters. The first-order valence-corrected chi connectivity index (χ1v) is 2.51. The van der Waals surface area contributed by atoms with Crippen LogP contribution >= 0.6 is 11.6 Å². The molecular formula is C4H11ClO. The Balaban J connectivity index is 0. The number of unbranched alkanes of at least 4 members (excludes halogenated alkanes) is 1. The summed E-state index contributed by atoms with van der Waals surface area (Å²) in [5.41, 5.74) is 0. The van der Waals surface area contributed by atoms with Crippen molar-refractivity contribution in [1.29, 1.82) is 0 Å². The van der Waals surface area contributed by atoms with Crippen molar-refractivity contribution in [2.75, 3.05) is 5.88 Å². The van der Waals surface area contributed by atoms with Crippen molar-refractivity contribution >= 4 is 11.6 Å². The van der Waals surface area contributed by atoms with Crippen molar-refractivity contribution in [2.24, 2.45) is 0 Å². The van der Waals surface area contributed by atoms with Crippen LogP contribution in [0, 0.1) is 0 Å². The van der Waals surface area contributed by atoms with Gasteiger partial charge in [-0.2, -0.15) is 0 Å². The second kappa shape index (κ2) is 8.98. The van der Waals surface area contributed by atoms with Gasteiger partial charge in [-0.3, -0.25) is 0 Å². The molecule has 0 aliphatic carbocycles. The van der Waals surface area contributed by atoms with Crippen molar-refractivity contribution < 1.29 is 5.48 Å². The van der Waals surface area contributed by atoms with Gasteiger partial charge in [-0.15, -0.1) is 11.6 Å². The molecule has 0 aromatic heterocycles. The number of hydrogen-bond acceptors (Lipinski definition) is 0. The fourth-order valence-corrected chi connectivity index (χ4v) is 0.401. The van der Waals surface area contributed by atoms with Gasteiger partial charge < -0.3 is 5.48 Å². The van der Waals surface area contributed by atoms with Gasteiger partial charge in [0.2, 0.25) is 0 Å². The zero-order valence-electron chi connectivity index (χ0n) is 4.00. The summed E-state index contributed by atoms with van der Waals surface area (Å²) in [5.74, 6) is 0.816. The summed E-state index contributed by atoms with van der Waals surface area (Å²) in [4.78, 5) is 0. The van der Waals surface area contributed by atoms with Crippen LogP contribution in [-0.4, -0.2) is 11.4 Å². The maximum absolute atomic E-state index is 5.30. The second-order valence-corrected chi connectivity index (χ2v) is 1.42. The van der Waals surface area contributed by atoms with E-state index in [0.29, 0.717) is 0 Å². The van der Waals surface area contributed by atoms with E-state index in [9.17, 15) is 0 Å². The second-order valence-electron chi connectivity index (χ2n) is 1.04. The van der Waals surface area contributed by atoms with Crippen molar-refractivity contribution in [2.45, 2.75) is 19.8 Å². The molecule has 0 bridgehead atoms. The molecule has 0 aliphatic heterocycles. The van der Waals surface area contributed by atoms with Gasteiger partial charge in [-0.1, -0.05) is 13.3 Å². The van der Waals surface area contributed by atoms with E-state index in [1.54, 1.807) is 0 Å². The summed E-state index contributed by atoms with van der Waals surface area (Å²) < 4.78 is 0. The third kappa shape index (κ3) is 8.87. The van der Waals surface area contributed by atoms with E-state index in [0.717, 1.165) is 12.3 Å². The van der Waals surface area contributed by atoms with E-state index in [2.05, 4.69) is 6.92 Å². The van der Waals surface area contributed by atoms with Gasteiger partial charge in [0, 0.05) is 5.88 Å². The number of halogens is 1. The van der Waals surface area contributed by atoms with Gasteiger partial charge in [-0.05, 0) is 6.42 Å². The lowest BCUT2D eigenvalue weighted by molar-refractivity contribution is 0.824. The molecule has 1 nitrogen and oxygen atoms in total. The first-order valence-electron chi connectivity index (χ1n) is 1.97. The third-order valence-corrected chi connectivity index (χ3v) is 0.754. The molecule has 0 radical (unpaired) electrons. The highest BCUT2D eigenvalue weighted by Gasteiger charge is 1.70. The average molecular weight is 111 g/mol. The zero-order valence-corrected chi connectivity index (χ0v) is 4.76. The van der Waals surface area contributed by atoms with Crippen LogP contribution in [0.1, 0.15) is 19.8 Å². The highest BCUT2D eigenvalue weighted by Crippen LogP contribution is 1.86. The van der Waals surface area contributed by atoms with Gasteiger partial charge in [0.1, 0.15) is 0 Å². The molecule has 0 aromatic carbocycles. The van der Waals surface area contributed by atoms with E-state index in [1.807, 2.05) is 0 Å². The fraction of sp³-hybridized carbons (Fsp3) is 1.00. The van der Waals surface area contributed by atoms with Crippen LogP contribution in [0.15, 0.2) is 0 Å². The standard InChI is InChI=1S/C4H9Cl.H2O/c1-2-3-4-5;/h2-4H2,1H3;1H2.